The summed E-state index contributed by atoms with van der Waals surface area (Å²) in [4.78, 5) is 14.5. The molecular formula is C8H19N5O2. The lowest BCUT2D eigenvalue weighted by Gasteiger charge is -2.12. The summed E-state index contributed by atoms with van der Waals surface area (Å²) < 4.78 is 7.05. The Morgan fingerprint density at radius 1 is 1.60 bits per heavy atom. The van der Waals surface area contributed by atoms with Gasteiger partial charge in [-0.15, -0.1) is 0 Å². The van der Waals surface area contributed by atoms with Crippen LogP contribution in [-0.4, -0.2) is 42.7 Å². The van der Waals surface area contributed by atoms with Gasteiger partial charge in [-0.2, -0.15) is 0 Å². The van der Waals surface area contributed by atoms with Gasteiger partial charge in [0.25, 0.3) is 0 Å². The molecule has 0 fully saturated rings. The molecule has 0 spiro atoms. The van der Waals surface area contributed by atoms with Crippen molar-refractivity contribution in [3.8, 4) is 0 Å². The van der Waals surface area contributed by atoms with Gasteiger partial charge in [-0.3, -0.25) is 9.79 Å². The highest BCUT2D eigenvalue weighted by molar-refractivity contribution is 5.75. The SMILES string of the molecule is [2H]C(N)CN[C@@H](CCCN=C(N)N)C(=O)O. The molecule has 1 unspecified atom stereocenters. The Balaban J connectivity index is 3.86. The third-order valence-corrected chi connectivity index (χ3v) is 1.73. The predicted octanol–water partition coefficient (Wildman–Crippen LogP) is -1.96. The summed E-state index contributed by atoms with van der Waals surface area (Å²) in [5.41, 5.74) is 15.4. The zero-order valence-electron chi connectivity index (χ0n) is 9.52. The van der Waals surface area contributed by atoms with Gasteiger partial charge in [-0.25, -0.2) is 0 Å². The van der Waals surface area contributed by atoms with Gasteiger partial charge >= 0.3 is 5.97 Å². The molecule has 0 amide bonds. The van der Waals surface area contributed by atoms with Gasteiger partial charge in [0.1, 0.15) is 6.04 Å². The van der Waals surface area contributed by atoms with Crippen LogP contribution in [0.3, 0.4) is 0 Å². The molecule has 0 bridgehead atoms. The maximum atomic E-state index is 10.8. The van der Waals surface area contributed by atoms with Crippen LogP contribution in [0, 0.1) is 0 Å². The van der Waals surface area contributed by atoms with Crippen molar-refractivity contribution in [2.24, 2.45) is 22.2 Å². The maximum Gasteiger partial charge on any atom is 0.320 e. The molecule has 7 nitrogen and oxygen atoms in total. The van der Waals surface area contributed by atoms with Crippen LogP contribution in [0.25, 0.3) is 0 Å². The summed E-state index contributed by atoms with van der Waals surface area (Å²) in [7, 11) is 0. The number of hydrogen-bond acceptors (Lipinski definition) is 4. The molecular weight excluding hydrogens is 198 g/mol. The number of nitrogens with two attached hydrogens (primary N) is 3. The summed E-state index contributed by atoms with van der Waals surface area (Å²) in [6.45, 7) is -0.292. The Hall–Kier alpha value is -1.34. The average Bonchev–Trinajstić information content (AvgIpc) is 2.15. The Kier molecular flexibility index (Phi) is 6.26. The second-order valence-electron chi connectivity index (χ2n) is 2.98. The van der Waals surface area contributed by atoms with E-state index in [0.717, 1.165) is 0 Å². The summed E-state index contributed by atoms with van der Waals surface area (Å²) in [5.74, 6) is -0.974. The van der Waals surface area contributed by atoms with E-state index in [1.165, 1.54) is 0 Å². The summed E-state index contributed by atoms with van der Waals surface area (Å²) in [6, 6.07) is -0.717. The van der Waals surface area contributed by atoms with Crippen LogP contribution in [-0.2, 0) is 4.79 Å². The lowest BCUT2D eigenvalue weighted by atomic mass is 10.1. The topological polar surface area (TPSA) is 140 Å². The van der Waals surface area contributed by atoms with Crippen molar-refractivity contribution in [2.75, 3.05) is 19.6 Å². The van der Waals surface area contributed by atoms with Gasteiger partial charge < -0.3 is 27.6 Å². The summed E-state index contributed by atoms with van der Waals surface area (Å²) in [6.07, 6.45) is 0.938. The number of carboxylic acids is 1. The highest BCUT2D eigenvalue weighted by Crippen LogP contribution is 1.97. The molecule has 0 aliphatic rings. The minimum Gasteiger partial charge on any atom is -0.480 e. The first-order chi connectivity index (χ1) is 7.43. The van der Waals surface area contributed by atoms with Crippen molar-refractivity contribution in [2.45, 2.75) is 18.9 Å². The van der Waals surface area contributed by atoms with Gasteiger partial charge in [0.05, 0.1) is 0 Å². The summed E-state index contributed by atoms with van der Waals surface area (Å²) in [5, 5.41) is 11.5. The fourth-order valence-electron chi connectivity index (χ4n) is 1.03. The van der Waals surface area contributed by atoms with Crippen LogP contribution in [0.4, 0.5) is 0 Å². The molecule has 2 atom stereocenters. The Bertz CT molecular complexity index is 243. The standard InChI is InChI=1S/C8H19N5O2/c9-3-5-12-6(7(14)15)2-1-4-13-8(10)11/h6,12H,1-5,9H2,(H,14,15)(H4,10,11,13)/t6-/m0/s1/i3D/t3?,6-. The third kappa shape index (κ3) is 7.71. The van der Waals surface area contributed by atoms with Crippen LogP contribution in [0.1, 0.15) is 14.2 Å². The molecule has 0 rings (SSSR count). The van der Waals surface area contributed by atoms with Gasteiger partial charge in [0.15, 0.2) is 5.96 Å². The number of carboxylic acid groups (broad SMARTS) is 1. The molecule has 88 valence electrons. The van der Waals surface area contributed by atoms with Gasteiger partial charge in [0.2, 0.25) is 0 Å². The predicted molar refractivity (Wildman–Crippen MR) is 58.4 cm³/mol. The maximum absolute atomic E-state index is 10.8. The van der Waals surface area contributed by atoms with Gasteiger partial charge in [0, 0.05) is 21.0 Å². The van der Waals surface area contributed by atoms with E-state index in [-0.39, 0.29) is 12.5 Å². The van der Waals surface area contributed by atoms with E-state index in [1.807, 2.05) is 0 Å². The number of guanidine groups is 1. The fraction of sp³-hybridized carbons (Fsp3) is 0.750. The minimum atomic E-state index is -0.967. The first-order valence-electron chi connectivity index (χ1n) is 5.20. The monoisotopic (exact) mass is 218 g/mol. The number of nitrogens with one attached hydrogen (secondary N) is 1. The smallest absolute Gasteiger partial charge is 0.320 e. The highest BCUT2D eigenvalue weighted by Gasteiger charge is 2.14. The Morgan fingerprint density at radius 2 is 2.27 bits per heavy atom. The molecule has 15 heavy (non-hydrogen) atoms. The highest BCUT2D eigenvalue weighted by atomic mass is 16.4. The zero-order chi connectivity index (χ0) is 12.6. The zero-order valence-corrected chi connectivity index (χ0v) is 8.52. The van der Waals surface area contributed by atoms with E-state index in [4.69, 9.17) is 23.7 Å². The van der Waals surface area contributed by atoms with Gasteiger partial charge in [-0.1, -0.05) is 0 Å². The molecule has 0 aliphatic carbocycles. The first-order valence-corrected chi connectivity index (χ1v) is 4.63. The van der Waals surface area contributed by atoms with E-state index in [0.29, 0.717) is 19.4 Å². The van der Waals surface area contributed by atoms with Gasteiger partial charge in [-0.05, 0) is 12.8 Å². The normalized spacial score (nSPS) is 15.1. The quantitative estimate of drug-likeness (QED) is 0.182. The van der Waals surface area contributed by atoms with Crippen molar-refractivity contribution in [3.63, 3.8) is 0 Å². The molecule has 0 saturated carbocycles. The first kappa shape index (κ1) is 11.7. The van der Waals surface area contributed by atoms with Crippen LogP contribution < -0.4 is 22.5 Å². The van der Waals surface area contributed by atoms with Crippen molar-refractivity contribution in [1.29, 1.82) is 0 Å². The molecule has 0 aromatic rings. The molecule has 0 radical (unpaired) electrons. The number of aliphatic carboxylic acids is 1. The number of hydrogen-bond donors (Lipinski definition) is 5. The molecule has 0 heterocycles. The molecule has 0 aromatic heterocycles. The van der Waals surface area contributed by atoms with Crippen molar-refractivity contribution in [1.82, 2.24) is 5.32 Å². The minimum absolute atomic E-state index is 0.00647. The molecule has 0 saturated heterocycles. The van der Waals surface area contributed by atoms with Crippen molar-refractivity contribution < 1.29 is 11.3 Å². The van der Waals surface area contributed by atoms with E-state index in [1.54, 1.807) is 0 Å². The second kappa shape index (κ2) is 8.01. The third-order valence-electron chi connectivity index (χ3n) is 1.73. The van der Waals surface area contributed by atoms with E-state index < -0.39 is 18.5 Å². The molecule has 0 aromatic carbocycles. The lowest BCUT2D eigenvalue weighted by Crippen LogP contribution is -2.39. The number of rotatable bonds is 8. The lowest BCUT2D eigenvalue weighted by molar-refractivity contribution is -0.139. The molecule has 7 heteroatoms. The molecule has 8 N–H and O–H groups in total. The van der Waals surface area contributed by atoms with E-state index >= 15 is 0 Å². The van der Waals surface area contributed by atoms with E-state index in [2.05, 4.69) is 10.3 Å². The Labute approximate surface area is 90.1 Å². The second-order valence-corrected chi connectivity index (χ2v) is 2.98. The van der Waals surface area contributed by atoms with E-state index in [9.17, 15) is 4.79 Å². The summed E-state index contributed by atoms with van der Waals surface area (Å²) >= 11 is 0. The number of nitrogens with zero attached hydrogens (tertiary/aromatic N) is 1. The number of carbonyl (C=O) groups is 1. The fourth-order valence-corrected chi connectivity index (χ4v) is 1.03. The Morgan fingerprint density at radius 3 is 2.73 bits per heavy atom. The van der Waals surface area contributed by atoms with Crippen LogP contribution >= 0.6 is 0 Å². The molecule has 0 aliphatic heterocycles. The number of aliphatic imine (C=N–C) groups is 1. The largest absolute Gasteiger partial charge is 0.480 e. The van der Waals surface area contributed by atoms with Crippen LogP contribution in [0.2, 0.25) is 0 Å². The van der Waals surface area contributed by atoms with Crippen molar-refractivity contribution in [3.05, 3.63) is 0 Å². The van der Waals surface area contributed by atoms with Crippen molar-refractivity contribution >= 4 is 11.9 Å². The van der Waals surface area contributed by atoms with Crippen LogP contribution in [0.15, 0.2) is 4.99 Å². The van der Waals surface area contributed by atoms with Crippen LogP contribution in [0.5, 0.6) is 0 Å². The average molecular weight is 218 g/mol.